The average Bonchev–Trinajstić information content (AvgIpc) is 3.38. The third-order valence-corrected chi connectivity index (χ3v) is 6.52. The van der Waals surface area contributed by atoms with Crippen LogP contribution in [0.1, 0.15) is 34.7 Å². The van der Waals surface area contributed by atoms with Gasteiger partial charge in [0, 0.05) is 25.1 Å². The summed E-state index contributed by atoms with van der Waals surface area (Å²) in [6.45, 7) is 1.19. The summed E-state index contributed by atoms with van der Waals surface area (Å²) in [5.41, 5.74) is -0.0282. The maximum Gasteiger partial charge on any atom is 0.452 e. The van der Waals surface area contributed by atoms with E-state index in [1.165, 1.54) is 6.20 Å². The van der Waals surface area contributed by atoms with Gasteiger partial charge in [-0.2, -0.15) is 13.2 Å². The second-order valence-corrected chi connectivity index (χ2v) is 9.29. The molecule has 5 rings (SSSR count). The third-order valence-electron chi connectivity index (χ3n) is 6.52. The summed E-state index contributed by atoms with van der Waals surface area (Å²) in [6.07, 6.45) is -1.81. The maximum absolute atomic E-state index is 13.6. The van der Waals surface area contributed by atoms with E-state index in [1.807, 2.05) is 35.2 Å². The summed E-state index contributed by atoms with van der Waals surface area (Å²) in [5.74, 6) is -2.17. The van der Waals surface area contributed by atoms with E-state index >= 15 is 0 Å². The second-order valence-electron chi connectivity index (χ2n) is 9.29. The molecule has 0 radical (unpaired) electrons. The predicted octanol–water partition coefficient (Wildman–Crippen LogP) is 5.58. The van der Waals surface area contributed by atoms with Crippen LogP contribution in [0.4, 0.5) is 24.7 Å². The van der Waals surface area contributed by atoms with E-state index in [1.54, 1.807) is 42.5 Å². The number of aromatic nitrogens is 2. The minimum absolute atomic E-state index is 0.216. The highest BCUT2D eigenvalue weighted by Crippen LogP contribution is 2.36. The van der Waals surface area contributed by atoms with Crippen LogP contribution in [0.3, 0.4) is 0 Å². The Labute approximate surface area is 217 Å². The normalized spacial score (nSPS) is 15.3. The van der Waals surface area contributed by atoms with Crippen LogP contribution in [0, 0.1) is 0 Å². The molecule has 4 aromatic rings. The van der Waals surface area contributed by atoms with Gasteiger partial charge in [0.2, 0.25) is 11.7 Å². The van der Waals surface area contributed by atoms with Crippen molar-refractivity contribution < 1.29 is 27.5 Å². The molecule has 1 fully saturated rings. The fourth-order valence-corrected chi connectivity index (χ4v) is 4.51. The Morgan fingerprint density at radius 1 is 1.00 bits per heavy atom. The van der Waals surface area contributed by atoms with Gasteiger partial charge in [-0.15, -0.1) is 0 Å². The number of anilines is 2. The first-order valence-electron chi connectivity index (χ1n) is 12.1. The number of piperidine rings is 1. The van der Waals surface area contributed by atoms with Gasteiger partial charge in [0.25, 0.3) is 5.91 Å². The summed E-state index contributed by atoms with van der Waals surface area (Å²) in [7, 11) is 0. The van der Waals surface area contributed by atoms with Gasteiger partial charge in [-0.25, -0.2) is 9.97 Å². The molecule has 1 aliphatic heterocycles. The van der Waals surface area contributed by atoms with Crippen LogP contribution in [0.25, 0.3) is 11.5 Å². The van der Waals surface area contributed by atoms with Crippen LogP contribution < -0.4 is 10.2 Å². The molecule has 1 saturated heterocycles. The molecule has 38 heavy (non-hydrogen) atoms. The number of carbonyl (C=O) groups excluding carboxylic acids is 1. The van der Waals surface area contributed by atoms with E-state index in [0.29, 0.717) is 43.7 Å². The summed E-state index contributed by atoms with van der Waals surface area (Å²) in [5, 5.41) is 13.4. The smallest absolute Gasteiger partial charge is 0.431 e. The average molecular weight is 523 g/mol. The minimum Gasteiger partial charge on any atom is -0.431 e. The number of halogens is 3. The molecule has 2 aromatic heterocycles. The molecule has 0 aliphatic carbocycles. The lowest BCUT2D eigenvalue weighted by Crippen LogP contribution is -2.46. The molecule has 1 amide bonds. The number of pyridine rings is 1. The number of nitrogens with zero attached hydrogens (tertiary/aromatic N) is 3. The van der Waals surface area contributed by atoms with Crippen molar-refractivity contribution in [3.63, 3.8) is 0 Å². The number of carbonyl (C=O) groups is 1. The number of aliphatic hydroxyl groups is 1. The van der Waals surface area contributed by atoms with Gasteiger partial charge in [0.15, 0.2) is 5.69 Å². The summed E-state index contributed by atoms with van der Waals surface area (Å²) < 4.78 is 45.6. The van der Waals surface area contributed by atoms with Crippen molar-refractivity contribution in [3.8, 4) is 11.5 Å². The van der Waals surface area contributed by atoms with Crippen LogP contribution in [0.5, 0.6) is 0 Å². The first kappa shape index (κ1) is 25.5. The lowest BCUT2D eigenvalue weighted by Gasteiger charge is -2.39. The highest BCUT2D eigenvalue weighted by Gasteiger charge is 2.42. The molecule has 2 aromatic carbocycles. The lowest BCUT2D eigenvalue weighted by molar-refractivity contribution is -0.153. The topological polar surface area (TPSA) is 91.5 Å². The van der Waals surface area contributed by atoms with Crippen molar-refractivity contribution in [2.24, 2.45) is 0 Å². The molecule has 0 spiro atoms. The zero-order valence-corrected chi connectivity index (χ0v) is 20.3. The van der Waals surface area contributed by atoms with E-state index in [9.17, 15) is 23.1 Å². The van der Waals surface area contributed by atoms with Gasteiger partial charge in [-0.1, -0.05) is 48.5 Å². The summed E-state index contributed by atoms with van der Waals surface area (Å²) in [6, 6.07) is 21.1. The third kappa shape index (κ3) is 5.70. The molecule has 1 aliphatic rings. The summed E-state index contributed by atoms with van der Waals surface area (Å²) in [4.78, 5) is 23.0. The minimum atomic E-state index is -4.90. The Kier molecular flexibility index (Phi) is 6.90. The van der Waals surface area contributed by atoms with Crippen molar-refractivity contribution in [2.75, 3.05) is 23.3 Å². The predicted molar refractivity (Wildman–Crippen MR) is 136 cm³/mol. The van der Waals surface area contributed by atoms with Crippen LogP contribution in [0.2, 0.25) is 0 Å². The van der Waals surface area contributed by atoms with E-state index in [2.05, 4.69) is 15.3 Å². The Hall–Kier alpha value is -4.18. The number of hydrogen-bond donors (Lipinski definition) is 2. The molecular weight excluding hydrogens is 497 g/mol. The largest absolute Gasteiger partial charge is 0.452 e. The number of nitrogens with one attached hydrogen (secondary N) is 1. The number of rotatable bonds is 6. The quantitative estimate of drug-likeness (QED) is 0.344. The van der Waals surface area contributed by atoms with Crippen LogP contribution in [-0.4, -0.2) is 39.7 Å². The van der Waals surface area contributed by atoms with Crippen LogP contribution in [-0.2, 0) is 12.6 Å². The number of alkyl halides is 3. The van der Waals surface area contributed by atoms with Crippen LogP contribution in [0.15, 0.2) is 83.4 Å². The fraction of sp³-hybridized carbons (Fsp3) is 0.250. The van der Waals surface area contributed by atoms with Crippen molar-refractivity contribution in [3.05, 3.63) is 96.0 Å². The first-order valence-corrected chi connectivity index (χ1v) is 12.1. The van der Waals surface area contributed by atoms with Gasteiger partial charge in [0.1, 0.15) is 5.82 Å². The van der Waals surface area contributed by atoms with Gasteiger partial charge in [0.05, 0.1) is 17.5 Å². The molecular formula is C28H25F3N4O3. The Bertz CT molecular complexity index is 1380. The van der Waals surface area contributed by atoms with Gasteiger partial charge in [-0.3, -0.25) is 4.79 Å². The highest BCUT2D eigenvalue weighted by atomic mass is 19.4. The zero-order valence-electron chi connectivity index (χ0n) is 20.3. The van der Waals surface area contributed by atoms with Gasteiger partial charge >= 0.3 is 6.18 Å². The van der Waals surface area contributed by atoms with E-state index < -0.39 is 29.1 Å². The number of hydrogen-bond acceptors (Lipinski definition) is 6. The van der Waals surface area contributed by atoms with Crippen molar-refractivity contribution in [1.82, 2.24) is 9.97 Å². The lowest BCUT2D eigenvalue weighted by atomic mass is 9.85. The maximum atomic E-state index is 13.6. The molecule has 10 heteroatoms. The van der Waals surface area contributed by atoms with Crippen molar-refractivity contribution >= 4 is 17.4 Å². The SMILES string of the molecule is O=C(Nc1ccc(N2CCC(O)(Cc3ccccc3)CC2)nc1)c1nc(-c2ccccc2)oc1C(F)(F)F. The molecule has 196 valence electrons. The van der Waals surface area contributed by atoms with Gasteiger partial charge in [-0.05, 0) is 42.7 Å². The molecule has 3 heterocycles. The first-order chi connectivity index (χ1) is 18.2. The molecule has 0 unspecified atom stereocenters. The summed E-state index contributed by atoms with van der Waals surface area (Å²) >= 11 is 0. The van der Waals surface area contributed by atoms with Crippen molar-refractivity contribution in [2.45, 2.75) is 31.0 Å². The van der Waals surface area contributed by atoms with E-state index in [0.717, 1.165) is 5.56 Å². The standard InChI is InChI=1S/C28H25F3N4O3/c29-28(30,31)24-23(34-26(38-24)20-9-5-2-6-10-20)25(36)33-21-11-12-22(32-18-21)35-15-13-27(37,14-16-35)17-19-7-3-1-4-8-19/h1-12,18,37H,13-17H2,(H,33,36). The number of oxazole rings is 1. The Balaban J connectivity index is 1.25. The molecule has 0 bridgehead atoms. The van der Waals surface area contributed by atoms with Gasteiger partial charge < -0.3 is 19.7 Å². The highest BCUT2D eigenvalue weighted by molar-refractivity contribution is 6.04. The molecule has 0 atom stereocenters. The van der Waals surface area contributed by atoms with E-state index in [-0.39, 0.29) is 11.6 Å². The number of benzene rings is 2. The van der Waals surface area contributed by atoms with Crippen LogP contribution >= 0.6 is 0 Å². The second kappa shape index (κ2) is 10.3. The Morgan fingerprint density at radius 2 is 1.66 bits per heavy atom. The fourth-order valence-electron chi connectivity index (χ4n) is 4.51. The zero-order chi connectivity index (χ0) is 26.8. The molecule has 7 nitrogen and oxygen atoms in total. The monoisotopic (exact) mass is 522 g/mol. The Morgan fingerprint density at radius 3 is 2.26 bits per heavy atom. The van der Waals surface area contributed by atoms with E-state index in [4.69, 9.17) is 4.42 Å². The molecule has 0 saturated carbocycles. The molecule has 2 N–H and O–H groups in total. The van der Waals surface area contributed by atoms with Crippen molar-refractivity contribution in [1.29, 1.82) is 0 Å². The number of amides is 1.